The summed E-state index contributed by atoms with van der Waals surface area (Å²) in [7, 11) is 1.83. The molecule has 0 aliphatic heterocycles. The number of benzene rings is 2. The van der Waals surface area contributed by atoms with E-state index in [0.29, 0.717) is 17.3 Å². The van der Waals surface area contributed by atoms with E-state index in [1.54, 1.807) is 24.3 Å². The van der Waals surface area contributed by atoms with Gasteiger partial charge in [-0.05, 0) is 43.4 Å². The van der Waals surface area contributed by atoms with Crippen molar-refractivity contribution < 1.29 is 31.5 Å². The Hall–Kier alpha value is -3.91. The highest BCUT2D eigenvalue weighted by Gasteiger charge is 2.38. The standard InChI is InChI=1S/C19H22N6O2S.C2HF3O2/c1-20-28(26,27)17-9-5-7-15(11-17)24-19-12-18(21-13-22-19)23-14-6-4-8-16(10-14)25(2)3;3-2(4,5)1(6)7/h4-13,20H,1-3H3,(H2,21,22,23,24);(H,6,7). The van der Waals surface area contributed by atoms with Crippen molar-refractivity contribution in [2.45, 2.75) is 11.1 Å². The Bertz CT molecular complexity index is 1270. The zero-order valence-electron chi connectivity index (χ0n) is 18.8. The summed E-state index contributed by atoms with van der Waals surface area (Å²) in [6, 6.07) is 16.2. The fourth-order valence-electron chi connectivity index (χ4n) is 2.51. The van der Waals surface area contributed by atoms with Gasteiger partial charge in [0, 0.05) is 37.2 Å². The molecular formula is C21H23F3N6O4S. The Kier molecular flexibility index (Phi) is 8.97. The quantitative estimate of drug-likeness (QED) is 0.374. The maximum absolute atomic E-state index is 12.0. The van der Waals surface area contributed by atoms with Gasteiger partial charge in [0.2, 0.25) is 10.0 Å². The van der Waals surface area contributed by atoms with E-state index in [2.05, 4.69) is 25.3 Å². The monoisotopic (exact) mass is 512 g/mol. The summed E-state index contributed by atoms with van der Waals surface area (Å²) in [6.07, 6.45) is -3.64. The predicted molar refractivity (Wildman–Crippen MR) is 126 cm³/mol. The van der Waals surface area contributed by atoms with Gasteiger partial charge in [-0.2, -0.15) is 13.2 Å². The lowest BCUT2D eigenvalue weighted by Crippen LogP contribution is -2.21. The van der Waals surface area contributed by atoms with E-state index in [-0.39, 0.29) is 4.90 Å². The van der Waals surface area contributed by atoms with E-state index in [1.807, 2.05) is 43.3 Å². The van der Waals surface area contributed by atoms with Crippen LogP contribution in [0.3, 0.4) is 0 Å². The van der Waals surface area contributed by atoms with Gasteiger partial charge < -0.3 is 20.6 Å². The lowest BCUT2D eigenvalue weighted by atomic mass is 10.2. The van der Waals surface area contributed by atoms with Gasteiger partial charge in [0.05, 0.1) is 4.90 Å². The largest absolute Gasteiger partial charge is 0.490 e. The second-order valence-corrected chi connectivity index (χ2v) is 8.91. The molecule has 0 unspecified atom stereocenters. The summed E-state index contributed by atoms with van der Waals surface area (Å²) in [5, 5.41) is 13.5. The number of anilines is 5. The zero-order valence-corrected chi connectivity index (χ0v) is 19.6. The third kappa shape index (κ3) is 8.42. The van der Waals surface area contributed by atoms with Crippen LogP contribution in [0.2, 0.25) is 0 Å². The average molecular weight is 513 g/mol. The second-order valence-electron chi connectivity index (χ2n) is 7.02. The van der Waals surface area contributed by atoms with Crippen LogP contribution in [0.1, 0.15) is 0 Å². The van der Waals surface area contributed by atoms with E-state index >= 15 is 0 Å². The number of carbonyl (C=O) groups is 1. The van der Waals surface area contributed by atoms with Gasteiger partial charge >= 0.3 is 12.1 Å². The SMILES string of the molecule is CNS(=O)(=O)c1cccc(Nc2cc(Nc3cccc(N(C)C)c3)ncn2)c1.O=C(O)C(F)(F)F. The van der Waals surface area contributed by atoms with Gasteiger partial charge in [0.1, 0.15) is 18.0 Å². The van der Waals surface area contributed by atoms with Gasteiger partial charge in [0.25, 0.3) is 0 Å². The van der Waals surface area contributed by atoms with Gasteiger partial charge in [-0.25, -0.2) is 27.9 Å². The van der Waals surface area contributed by atoms with Gasteiger partial charge in [-0.3, -0.25) is 0 Å². The zero-order chi connectivity index (χ0) is 26.2. The lowest BCUT2D eigenvalue weighted by Gasteiger charge is -2.14. The maximum atomic E-state index is 12.0. The second kappa shape index (κ2) is 11.5. The molecule has 0 saturated heterocycles. The third-order valence-electron chi connectivity index (χ3n) is 4.23. The number of nitrogens with one attached hydrogen (secondary N) is 3. The van der Waals surface area contributed by atoms with Gasteiger partial charge in [-0.15, -0.1) is 0 Å². The van der Waals surface area contributed by atoms with Crippen LogP contribution in [0, 0.1) is 0 Å². The highest BCUT2D eigenvalue weighted by Crippen LogP contribution is 2.23. The van der Waals surface area contributed by atoms with Crippen molar-refractivity contribution >= 4 is 44.7 Å². The molecule has 3 rings (SSSR count). The Balaban J connectivity index is 0.000000540. The molecule has 0 fully saturated rings. The number of aromatic nitrogens is 2. The Morgan fingerprint density at radius 3 is 1.94 bits per heavy atom. The minimum atomic E-state index is -5.08. The Morgan fingerprint density at radius 1 is 0.943 bits per heavy atom. The molecule has 0 amide bonds. The number of alkyl halides is 3. The number of sulfonamides is 1. The molecule has 2 aromatic carbocycles. The van der Waals surface area contributed by atoms with E-state index in [4.69, 9.17) is 9.90 Å². The smallest absolute Gasteiger partial charge is 0.475 e. The molecular weight excluding hydrogens is 489 g/mol. The first-order valence-corrected chi connectivity index (χ1v) is 11.3. The number of hydrogen-bond acceptors (Lipinski definition) is 8. The van der Waals surface area contributed by atoms with Gasteiger partial charge in [0.15, 0.2) is 0 Å². The predicted octanol–water partition coefficient (Wildman–Crippen LogP) is 3.57. The van der Waals surface area contributed by atoms with Crippen molar-refractivity contribution in [1.29, 1.82) is 0 Å². The summed E-state index contributed by atoms with van der Waals surface area (Å²) in [6.45, 7) is 0. The van der Waals surface area contributed by atoms with E-state index < -0.39 is 22.2 Å². The molecule has 4 N–H and O–H groups in total. The summed E-state index contributed by atoms with van der Waals surface area (Å²) in [5.74, 6) is -1.60. The van der Waals surface area contributed by atoms with Crippen LogP contribution in [0.15, 0.2) is 65.8 Å². The fraction of sp³-hybridized carbons (Fsp3) is 0.190. The molecule has 10 nitrogen and oxygen atoms in total. The minimum absolute atomic E-state index is 0.174. The molecule has 3 aromatic rings. The Labute approximate surface area is 199 Å². The van der Waals surface area contributed by atoms with Crippen molar-refractivity contribution in [3.05, 3.63) is 60.9 Å². The van der Waals surface area contributed by atoms with E-state index in [9.17, 15) is 21.6 Å². The number of rotatable bonds is 7. The summed E-state index contributed by atoms with van der Waals surface area (Å²) < 4.78 is 58.0. The molecule has 0 aliphatic carbocycles. The van der Waals surface area contributed by atoms with Crippen LogP contribution in [0.25, 0.3) is 0 Å². The number of aliphatic carboxylic acids is 1. The normalized spacial score (nSPS) is 11.1. The molecule has 0 bridgehead atoms. The van der Waals surface area contributed by atoms with Gasteiger partial charge in [-0.1, -0.05) is 12.1 Å². The first-order valence-electron chi connectivity index (χ1n) is 9.79. The number of carboxylic acids is 1. The van der Waals surface area contributed by atoms with Crippen LogP contribution in [0.4, 0.5) is 41.9 Å². The first-order chi connectivity index (χ1) is 16.3. The molecule has 188 valence electrons. The molecule has 1 aromatic heterocycles. The fourth-order valence-corrected chi connectivity index (χ4v) is 3.29. The van der Waals surface area contributed by atoms with Crippen LogP contribution in [0.5, 0.6) is 0 Å². The van der Waals surface area contributed by atoms with Crippen molar-refractivity contribution in [2.75, 3.05) is 36.7 Å². The number of halogens is 3. The Morgan fingerprint density at radius 2 is 1.46 bits per heavy atom. The highest BCUT2D eigenvalue weighted by molar-refractivity contribution is 7.89. The van der Waals surface area contributed by atoms with Crippen molar-refractivity contribution in [3.63, 3.8) is 0 Å². The van der Waals surface area contributed by atoms with Crippen LogP contribution >= 0.6 is 0 Å². The van der Waals surface area contributed by atoms with E-state index in [0.717, 1.165) is 11.4 Å². The molecule has 14 heteroatoms. The number of nitrogens with zero attached hydrogens (tertiary/aromatic N) is 3. The highest BCUT2D eigenvalue weighted by atomic mass is 32.2. The molecule has 0 radical (unpaired) electrons. The van der Waals surface area contributed by atoms with E-state index in [1.165, 1.54) is 19.4 Å². The molecule has 0 atom stereocenters. The molecule has 0 saturated carbocycles. The van der Waals surface area contributed by atoms with Crippen LogP contribution in [-0.4, -0.2) is 56.8 Å². The number of carboxylic acid groups (broad SMARTS) is 1. The maximum Gasteiger partial charge on any atom is 0.490 e. The lowest BCUT2D eigenvalue weighted by molar-refractivity contribution is -0.192. The van der Waals surface area contributed by atoms with Crippen molar-refractivity contribution in [1.82, 2.24) is 14.7 Å². The first kappa shape index (κ1) is 27.3. The average Bonchev–Trinajstić information content (AvgIpc) is 2.79. The molecule has 0 spiro atoms. The van der Waals surface area contributed by atoms with Crippen molar-refractivity contribution in [2.24, 2.45) is 0 Å². The summed E-state index contributed by atoms with van der Waals surface area (Å²) >= 11 is 0. The molecule has 35 heavy (non-hydrogen) atoms. The van der Waals surface area contributed by atoms with Crippen LogP contribution < -0.4 is 20.3 Å². The number of hydrogen-bond donors (Lipinski definition) is 4. The molecule has 0 aliphatic rings. The van der Waals surface area contributed by atoms with Crippen LogP contribution in [-0.2, 0) is 14.8 Å². The molecule has 1 heterocycles. The summed E-state index contributed by atoms with van der Waals surface area (Å²) in [4.78, 5) is 19.5. The van der Waals surface area contributed by atoms with Crippen molar-refractivity contribution in [3.8, 4) is 0 Å². The minimum Gasteiger partial charge on any atom is -0.475 e. The third-order valence-corrected chi connectivity index (χ3v) is 5.64. The summed E-state index contributed by atoms with van der Waals surface area (Å²) in [5.41, 5.74) is 2.58. The topological polar surface area (TPSA) is 137 Å².